The molecule has 0 radical (unpaired) electrons. The quantitative estimate of drug-likeness (QED) is 0.328. The molecule has 2 aliphatic heterocycles. The predicted molar refractivity (Wildman–Crippen MR) is 145 cm³/mol. The van der Waals surface area contributed by atoms with Gasteiger partial charge in [0.05, 0.1) is 4.90 Å². The molecule has 10 nitrogen and oxygen atoms in total. The van der Waals surface area contributed by atoms with Crippen LogP contribution in [0.4, 0.5) is 8.78 Å². The van der Waals surface area contributed by atoms with Gasteiger partial charge in [-0.05, 0) is 76.9 Å². The lowest BCUT2D eigenvalue weighted by molar-refractivity contribution is -0.711. The summed E-state index contributed by atoms with van der Waals surface area (Å²) in [5.74, 6) is -1.03. The van der Waals surface area contributed by atoms with E-state index in [0.717, 1.165) is 0 Å². The summed E-state index contributed by atoms with van der Waals surface area (Å²) in [6.45, 7) is -0.225. The topological polar surface area (TPSA) is 140 Å². The van der Waals surface area contributed by atoms with Gasteiger partial charge in [-0.15, -0.1) is 22.5 Å². The minimum absolute atomic E-state index is 0. The van der Waals surface area contributed by atoms with Crippen LogP contribution in [0.2, 0.25) is 0 Å². The third kappa shape index (κ3) is 5.96. The average molecular weight is 590 g/mol. The van der Waals surface area contributed by atoms with E-state index in [4.69, 9.17) is 5.73 Å². The van der Waals surface area contributed by atoms with Crippen molar-refractivity contribution < 1.29 is 27.1 Å². The number of hydrogen-bond acceptors (Lipinski definition) is 8. The Labute approximate surface area is 234 Å². The summed E-state index contributed by atoms with van der Waals surface area (Å²) in [6.07, 6.45) is 1.64. The Hall–Kier alpha value is -4.33. The number of halogens is 3. The van der Waals surface area contributed by atoms with Gasteiger partial charge in [-0.25, -0.2) is 22.2 Å². The van der Waals surface area contributed by atoms with Crippen LogP contribution in [-0.4, -0.2) is 36.9 Å². The van der Waals surface area contributed by atoms with E-state index in [9.17, 15) is 27.3 Å². The highest BCUT2D eigenvalue weighted by atomic mass is 35.5. The first-order chi connectivity index (χ1) is 18.6. The van der Waals surface area contributed by atoms with Crippen molar-refractivity contribution in [1.29, 1.82) is 0 Å². The molecule has 3 aromatic rings. The fraction of sp³-hybridized carbons (Fsp3) is 0.115. The van der Waals surface area contributed by atoms with Crippen LogP contribution in [0.15, 0.2) is 99.5 Å². The molecule has 2 heterocycles. The molecule has 0 saturated heterocycles. The Morgan fingerprint density at radius 3 is 2.38 bits per heavy atom. The van der Waals surface area contributed by atoms with Crippen LogP contribution >= 0.6 is 12.4 Å². The van der Waals surface area contributed by atoms with Gasteiger partial charge in [0.1, 0.15) is 23.4 Å². The molecular weight excluding hydrogens is 568 g/mol. The summed E-state index contributed by atoms with van der Waals surface area (Å²) >= 11 is 0. The molecule has 0 fully saturated rings. The lowest BCUT2D eigenvalue weighted by Crippen LogP contribution is -2.46. The van der Waals surface area contributed by atoms with E-state index >= 15 is 0 Å². The van der Waals surface area contributed by atoms with Crippen LogP contribution in [0.3, 0.4) is 0 Å². The summed E-state index contributed by atoms with van der Waals surface area (Å²) < 4.78 is 56.7. The normalized spacial score (nSPS) is 18.3. The molecule has 0 spiro atoms. The molecule has 14 heteroatoms. The van der Waals surface area contributed by atoms with Crippen molar-refractivity contribution in [3.8, 4) is 5.75 Å². The summed E-state index contributed by atoms with van der Waals surface area (Å²) in [5, 5.41) is 12.6. The fourth-order valence-electron chi connectivity index (χ4n) is 4.51. The van der Waals surface area contributed by atoms with Crippen molar-refractivity contribution in [2.45, 2.75) is 10.9 Å². The van der Waals surface area contributed by atoms with E-state index in [1.165, 1.54) is 65.0 Å². The second-order valence-electron chi connectivity index (χ2n) is 8.78. The third-order valence-electron chi connectivity index (χ3n) is 6.18. The van der Waals surface area contributed by atoms with Gasteiger partial charge in [-0.1, -0.05) is 24.3 Å². The van der Waals surface area contributed by atoms with Crippen molar-refractivity contribution in [1.82, 2.24) is 9.62 Å². The summed E-state index contributed by atoms with van der Waals surface area (Å²) in [7, 11) is -4.14. The molecule has 0 bridgehead atoms. The summed E-state index contributed by atoms with van der Waals surface area (Å²) in [5.41, 5.74) is 8.55. The van der Waals surface area contributed by atoms with Crippen molar-refractivity contribution in [3.63, 3.8) is 0 Å². The number of aliphatic imine (C=N–C) groups is 1. The number of guanidine groups is 1. The van der Waals surface area contributed by atoms with Gasteiger partial charge < -0.3 is 11.1 Å². The van der Waals surface area contributed by atoms with Crippen LogP contribution < -0.4 is 15.9 Å². The molecule has 5 rings (SSSR count). The first-order valence-corrected chi connectivity index (χ1v) is 13.0. The molecular formula is C26H22ClF2N5O5S. The van der Waals surface area contributed by atoms with Gasteiger partial charge >= 0.3 is 0 Å². The van der Waals surface area contributed by atoms with Crippen molar-refractivity contribution in [2.75, 3.05) is 13.1 Å². The molecule has 0 aromatic heterocycles. The zero-order valence-corrected chi connectivity index (χ0v) is 22.2. The Balaban J connectivity index is 0.00000370. The zero-order chi connectivity index (χ0) is 27.7. The van der Waals surface area contributed by atoms with E-state index in [0.29, 0.717) is 28.0 Å². The Morgan fingerprint density at radius 1 is 1.05 bits per heavy atom. The van der Waals surface area contributed by atoms with Gasteiger partial charge in [0.25, 0.3) is 5.09 Å². The third-order valence-corrected chi connectivity index (χ3v) is 7.99. The lowest BCUT2D eigenvalue weighted by Gasteiger charge is -2.37. The van der Waals surface area contributed by atoms with Crippen molar-refractivity contribution >= 4 is 34.5 Å². The van der Waals surface area contributed by atoms with Gasteiger partial charge in [-0.2, -0.15) is 4.31 Å². The van der Waals surface area contributed by atoms with E-state index in [2.05, 4.69) is 15.1 Å². The smallest absolute Gasteiger partial charge is 0.299 e. The maximum atomic E-state index is 14.1. The molecule has 3 N–H and O–H groups in total. The molecule has 40 heavy (non-hydrogen) atoms. The molecule has 2 aliphatic rings. The lowest BCUT2D eigenvalue weighted by atomic mass is 9.90. The highest BCUT2D eigenvalue weighted by molar-refractivity contribution is 7.89. The van der Waals surface area contributed by atoms with Crippen LogP contribution in [0.1, 0.15) is 17.2 Å². The van der Waals surface area contributed by atoms with Gasteiger partial charge in [0.15, 0.2) is 5.96 Å². The molecule has 0 aliphatic carbocycles. The summed E-state index contributed by atoms with van der Waals surface area (Å²) in [6, 6.07) is 15.5. The molecule has 0 amide bonds. The number of nitrogens with zero attached hydrogens (tertiary/aromatic N) is 3. The van der Waals surface area contributed by atoms with Crippen molar-refractivity contribution in [2.24, 2.45) is 10.7 Å². The second kappa shape index (κ2) is 11.4. The predicted octanol–water partition coefficient (Wildman–Crippen LogP) is 3.96. The Kier molecular flexibility index (Phi) is 8.18. The fourth-order valence-corrected chi connectivity index (χ4v) is 5.90. The minimum Gasteiger partial charge on any atom is -0.370 e. The zero-order valence-electron chi connectivity index (χ0n) is 20.5. The van der Waals surface area contributed by atoms with Crippen LogP contribution in [-0.2, 0) is 10.0 Å². The molecule has 3 aromatic carbocycles. The largest absolute Gasteiger partial charge is 0.370 e. The molecule has 0 saturated carbocycles. The van der Waals surface area contributed by atoms with Crippen molar-refractivity contribution in [3.05, 3.63) is 123 Å². The maximum Gasteiger partial charge on any atom is 0.299 e. The number of hydrogen-bond donors (Lipinski definition) is 2. The number of benzene rings is 3. The Morgan fingerprint density at radius 2 is 1.73 bits per heavy atom. The van der Waals surface area contributed by atoms with Gasteiger partial charge in [0, 0.05) is 18.8 Å². The number of nitrogens with two attached hydrogens (primary N) is 1. The number of rotatable bonds is 6. The molecule has 1 unspecified atom stereocenters. The Bertz CT molecular complexity index is 1660. The SMILES string of the molecule is Cl.NC1=NC(c2cccc(F)c2)C2=C(N1)/C(=C/c1cccc(F)c1)CN(S(=O)(=O)c1ccc(O[N+](=O)[O-])cc1)C2. The van der Waals surface area contributed by atoms with Crippen LogP contribution in [0, 0.1) is 21.7 Å². The summed E-state index contributed by atoms with van der Waals surface area (Å²) in [4.78, 5) is 19.3. The molecule has 1 atom stereocenters. The maximum absolute atomic E-state index is 14.1. The second-order valence-corrected chi connectivity index (χ2v) is 10.7. The van der Waals surface area contributed by atoms with Gasteiger partial charge in [0.2, 0.25) is 10.0 Å². The van der Waals surface area contributed by atoms with E-state index in [1.807, 2.05) is 0 Å². The first kappa shape index (κ1) is 28.7. The van der Waals surface area contributed by atoms with E-state index in [-0.39, 0.29) is 42.1 Å². The highest BCUT2D eigenvalue weighted by Gasteiger charge is 2.37. The van der Waals surface area contributed by atoms with E-state index < -0.39 is 32.8 Å². The molecule has 208 valence electrons. The monoisotopic (exact) mass is 589 g/mol. The van der Waals surface area contributed by atoms with E-state index in [1.54, 1.807) is 18.2 Å². The van der Waals surface area contributed by atoms with Crippen LogP contribution in [0.25, 0.3) is 6.08 Å². The van der Waals surface area contributed by atoms with Crippen LogP contribution in [0.5, 0.6) is 5.75 Å². The minimum atomic E-state index is -4.14. The first-order valence-electron chi connectivity index (χ1n) is 11.6. The number of sulfonamides is 1. The number of nitrogens with one attached hydrogen (secondary N) is 1. The van der Waals surface area contributed by atoms with Gasteiger partial charge in [-0.3, -0.25) is 4.84 Å². The highest BCUT2D eigenvalue weighted by Crippen LogP contribution is 2.38. The standard InChI is InChI=1S/C26H21F2N5O5S.ClH/c27-19-5-1-3-16(12-19)11-18-14-32(39(36,37)22-9-7-21(8-10-22)38-33(34)35)15-23-24(30-26(29)31-25(18)23)17-4-2-6-20(28)13-17;/h1-13,24H,14-15H2,(H3,29,30,31);1H/b18-11+;. The average Bonchev–Trinajstić information content (AvgIpc) is 2.88.